The number of nitrogens with one attached hydrogen (secondary N) is 1. The summed E-state index contributed by atoms with van der Waals surface area (Å²) in [6, 6.07) is 5.53. The second-order valence-electron chi connectivity index (χ2n) is 2.79. The summed E-state index contributed by atoms with van der Waals surface area (Å²) in [4.78, 5) is 0. The van der Waals surface area contributed by atoms with Gasteiger partial charge in [0.05, 0.1) is 6.07 Å². The predicted molar refractivity (Wildman–Crippen MR) is 53.4 cm³/mol. The SMILES string of the molecule is CCNC(C#N)c1cc(Cl)ccc1F. The van der Waals surface area contributed by atoms with E-state index in [0.717, 1.165) is 0 Å². The van der Waals surface area contributed by atoms with E-state index in [1.807, 2.05) is 13.0 Å². The second-order valence-corrected chi connectivity index (χ2v) is 3.22. The lowest BCUT2D eigenvalue weighted by Crippen LogP contribution is -2.20. The molecule has 0 amide bonds. The van der Waals surface area contributed by atoms with Crippen molar-refractivity contribution in [3.05, 3.63) is 34.6 Å². The minimum Gasteiger partial charge on any atom is -0.298 e. The van der Waals surface area contributed by atoms with Crippen LogP contribution in [-0.4, -0.2) is 6.54 Å². The van der Waals surface area contributed by atoms with Crippen molar-refractivity contribution in [3.8, 4) is 6.07 Å². The number of rotatable bonds is 3. The zero-order chi connectivity index (χ0) is 10.6. The van der Waals surface area contributed by atoms with Crippen molar-refractivity contribution in [2.24, 2.45) is 0 Å². The highest BCUT2D eigenvalue weighted by Gasteiger charge is 2.13. The van der Waals surface area contributed by atoms with Crippen LogP contribution in [0.2, 0.25) is 5.02 Å². The van der Waals surface area contributed by atoms with Gasteiger partial charge in [0.15, 0.2) is 0 Å². The van der Waals surface area contributed by atoms with Crippen LogP contribution in [0.25, 0.3) is 0 Å². The van der Waals surface area contributed by atoms with Gasteiger partial charge in [0.25, 0.3) is 0 Å². The monoisotopic (exact) mass is 212 g/mol. The number of nitriles is 1. The molecular formula is C10H10ClFN2. The first kappa shape index (κ1) is 11.0. The molecule has 0 heterocycles. The van der Waals surface area contributed by atoms with Crippen molar-refractivity contribution in [3.63, 3.8) is 0 Å². The molecule has 0 aliphatic rings. The van der Waals surface area contributed by atoms with E-state index in [-0.39, 0.29) is 0 Å². The molecule has 0 aromatic heterocycles. The van der Waals surface area contributed by atoms with E-state index in [0.29, 0.717) is 17.1 Å². The summed E-state index contributed by atoms with van der Waals surface area (Å²) in [5, 5.41) is 12.1. The quantitative estimate of drug-likeness (QED) is 0.836. The molecule has 1 unspecified atom stereocenters. The van der Waals surface area contributed by atoms with Gasteiger partial charge in [0, 0.05) is 10.6 Å². The molecule has 0 radical (unpaired) electrons. The Balaban J connectivity index is 3.03. The smallest absolute Gasteiger partial charge is 0.129 e. The summed E-state index contributed by atoms with van der Waals surface area (Å²) >= 11 is 5.71. The molecule has 1 aromatic rings. The lowest BCUT2D eigenvalue weighted by molar-refractivity contribution is 0.571. The van der Waals surface area contributed by atoms with E-state index in [4.69, 9.17) is 16.9 Å². The lowest BCUT2D eigenvalue weighted by atomic mass is 10.1. The fourth-order valence-corrected chi connectivity index (χ4v) is 1.35. The van der Waals surface area contributed by atoms with Crippen LogP contribution in [0.1, 0.15) is 18.5 Å². The Hall–Kier alpha value is -1.11. The molecule has 0 fully saturated rings. The molecule has 14 heavy (non-hydrogen) atoms. The van der Waals surface area contributed by atoms with Gasteiger partial charge in [0.1, 0.15) is 11.9 Å². The fraction of sp³-hybridized carbons (Fsp3) is 0.300. The third-order valence-corrected chi connectivity index (χ3v) is 2.04. The maximum atomic E-state index is 13.3. The Morgan fingerprint density at radius 2 is 2.36 bits per heavy atom. The lowest BCUT2D eigenvalue weighted by Gasteiger charge is -2.11. The molecule has 0 aliphatic heterocycles. The zero-order valence-corrected chi connectivity index (χ0v) is 8.48. The molecule has 1 N–H and O–H groups in total. The largest absolute Gasteiger partial charge is 0.298 e. The Morgan fingerprint density at radius 1 is 1.64 bits per heavy atom. The van der Waals surface area contributed by atoms with Gasteiger partial charge in [-0.1, -0.05) is 18.5 Å². The second kappa shape index (κ2) is 4.94. The number of benzene rings is 1. The Morgan fingerprint density at radius 3 is 2.93 bits per heavy atom. The van der Waals surface area contributed by atoms with Crippen LogP contribution >= 0.6 is 11.6 Å². The minimum absolute atomic E-state index is 0.293. The minimum atomic E-state index is -0.640. The number of halogens is 2. The maximum absolute atomic E-state index is 13.3. The van der Waals surface area contributed by atoms with Gasteiger partial charge in [-0.3, -0.25) is 5.32 Å². The highest BCUT2D eigenvalue weighted by molar-refractivity contribution is 6.30. The molecule has 0 saturated carbocycles. The van der Waals surface area contributed by atoms with Crippen LogP contribution in [0, 0.1) is 17.1 Å². The Bertz CT molecular complexity index is 360. The van der Waals surface area contributed by atoms with Crippen LogP contribution in [0.3, 0.4) is 0 Å². The molecule has 1 rings (SSSR count). The average molecular weight is 213 g/mol. The van der Waals surface area contributed by atoms with Crippen LogP contribution < -0.4 is 5.32 Å². The fourth-order valence-electron chi connectivity index (χ4n) is 1.17. The van der Waals surface area contributed by atoms with E-state index in [2.05, 4.69) is 5.32 Å². The number of hydrogen-bond donors (Lipinski definition) is 1. The van der Waals surface area contributed by atoms with E-state index in [1.165, 1.54) is 18.2 Å². The van der Waals surface area contributed by atoms with Crippen molar-refractivity contribution in [1.29, 1.82) is 5.26 Å². The molecule has 74 valence electrons. The molecule has 1 aromatic carbocycles. The van der Waals surface area contributed by atoms with Gasteiger partial charge < -0.3 is 0 Å². The average Bonchev–Trinajstić information content (AvgIpc) is 2.18. The van der Waals surface area contributed by atoms with E-state index < -0.39 is 11.9 Å². The van der Waals surface area contributed by atoms with Crippen molar-refractivity contribution in [2.45, 2.75) is 13.0 Å². The van der Waals surface area contributed by atoms with Crippen LogP contribution in [0.5, 0.6) is 0 Å². The van der Waals surface area contributed by atoms with Crippen molar-refractivity contribution in [2.75, 3.05) is 6.54 Å². The third-order valence-electron chi connectivity index (χ3n) is 1.81. The summed E-state index contributed by atoms with van der Waals surface area (Å²) in [6.07, 6.45) is 0. The normalized spacial score (nSPS) is 12.1. The molecule has 2 nitrogen and oxygen atoms in total. The van der Waals surface area contributed by atoms with Gasteiger partial charge in [-0.25, -0.2) is 4.39 Å². The Labute approximate surface area is 87.3 Å². The first-order chi connectivity index (χ1) is 6.69. The third kappa shape index (κ3) is 2.44. The first-order valence-electron chi connectivity index (χ1n) is 4.27. The van der Waals surface area contributed by atoms with E-state index in [1.54, 1.807) is 0 Å². The van der Waals surface area contributed by atoms with Gasteiger partial charge in [-0.2, -0.15) is 5.26 Å². The molecule has 4 heteroatoms. The highest BCUT2D eigenvalue weighted by atomic mass is 35.5. The maximum Gasteiger partial charge on any atom is 0.129 e. The first-order valence-corrected chi connectivity index (χ1v) is 4.64. The van der Waals surface area contributed by atoms with Crippen LogP contribution in [0.15, 0.2) is 18.2 Å². The molecule has 0 aliphatic carbocycles. The number of nitrogens with zero attached hydrogens (tertiary/aromatic N) is 1. The summed E-state index contributed by atoms with van der Waals surface area (Å²) in [5.74, 6) is -0.415. The van der Waals surface area contributed by atoms with Crippen molar-refractivity contribution < 1.29 is 4.39 Å². The molecule has 0 spiro atoms. The summed E-state index contributed by atoms with van der Waals surface area (Å²) in [6.45, 7) is 2.46. The topological polar surface area (TPSA) is 35.8 Å². The molecule has 0 saturated heterocycles. The summed E-state index contributed by atoms with van der Waals surface area (Å²) in [7, 11) is 0. The zero-order valence-electron chi connectivity index (χ0n) is 7.72. The van der Waals surface area contributed by atoms with Crippen LogP contribution in [-0.2, 0) is 0 Å². The molecular weight excluding hydrogens is 203 g/mol. The van der Waals surface area contributed by atoms with Gasteiger partial charge >= 0.3 is 0 Å². The van der Waals surface area contributed by atoms with Crippen molar-refractivity contribution in [1.82, 2.24) is 5.32 Å². The standard InChI is InChI=1S/C10H10ClFN2/c1-2-14-10(6-13)8-5-7(11)3-4-9(8)12/h3-5,10,14H,2H2,1H3. The predicted octanol–water partition coefficient (Wildman–Crippen LogP) is 2.65. The molecule has 0 bridgehead atoms. The highest BCUT2D eigenvalue weighted by Crippen LogP contribution is 2.20. The van der Waals surface area contributed by atoms with Gasteiger partial charge in [-0.15, -0.1) is 0 Å². The van der Waals surface area contributed by atoms with Crippen molar-refractivity contribution >= 4 is 11.6 Å². The van der Waals surface area contributed by atoms with E-state index in [9.17, 15) is 4.39 Å². The van der Waals surface area contributed by atoms with Gasteiger partial charge in [-0.05, 0) is 24.7 Å². The summed E-state index contributed by atoms with van der Waals surface area (Å²) in [5.41, 5.74) is 0.293. The van der Waals surface area contributed by atoms with E-state index >= 15 is 0 Å². The van der Waals surface area contributed by atoms with Crippen LogP contribution in [0.4, 0.5) is 4.39 Å². The van der Waals surface area contributed by atoms with Gasteiger partial charge in [0.2, 0.25) is 0 Å². The summed E-state index contributed by atoms with van der Waals surface area (Å²) < 4.78 is 13.3. The molecule has 1 atom stereocenters. The Kier molecular flexibility index (Phi) is 3.87. The number of hydrogen-bond acceptors (Lipinski definition) is 2.